The van der Waals surface area contributed by atoms with Crippen molar-refractivity contribution in [3.8, 4) is 0 Å². The van der Waals surface area contributed by atoms with Crippen LogP contribution in [0.15, 0.2) is 36.8 Å². The molecule has 7 nitrogen and oxygen atoms in total. The molecule has 8 heteroatoms. The second kappa shape index (κ2) is 6.51. The molecule has 0 atom stereocenters. The van der Waals surface area contributed by atoms with E-state index in [0.29, 0.717) is 12.0 Å². The van der Waals surface area contributed by atoms with Gasteiger partial charge in [-0.3, -0.25) is 0 Å². The molecular weight excluding hydrogens is 294 g/mol. The Morgan fingerprint density at radius 1 is 1.29 bits per heavy atom. The molecule has 0 saturated heterocycles. The van der Waals surface area contributed by atoms with Gasteiger partial charge in [-0.15, -0.1) is 0 Å². The minimum atomic E-state index is -3.45. The van der Waals surface area contributed by atoms with Gasteiger partial charge in [0.25, 0.3) is 0 Å². The topological polar surface area (TPSA) is 112 Å². The maximum absolute atomic E-state index is 11.9. The van der Waals surface area contributed by atoms with Gasteiger partial charge in [-0.1, -0.05) is 12.1 Å². The van der Waals surface area contributed by atoms with E-state index >= 15 is 0 Å². The highest BCUT2D eigenvalue weighted by molar-refractivity contribution is 7.88. The number of aromatic amines is 1. The number of hydrogen-bond donors (Lipinski definition) is 3. The summed E-state index contributed by atoms with van der Waals surface area (Å²) in [7, 11) is -3.45. The van der Waals surface area contributed by atoms with Crippen LogP contribution in [0.5, 0.6) is 0 Å². The number of hydrogen-bond acceptors (Lipinski definition) is 4. The number of nitrogens with zero attached hydrogens (tertiary/aromatic N) is 1. The molecule has 112 valence electrons. The first kappa shape index (κ1) is 15.2. The molecule has 1 heterocycles. The lowest BCUT2D eigenvalue weighted by molar-refractivity contribution is 0.0697. The van der Waals surface area contributed by atoms with E-state index in [9.17, 15) is 13.2 Å². The van der Waals surface area contributed by atoms with Gasteiger partial charge in [-0.05, 0) is 17.7 Å². The number of rotatable bonds is 7. The summed E-state index contributed by atoms with van der Waals surface area (Å²) in [6.07, 6.45) is 3.70. The van der Waals surface area contributed by atoms with E-state index in [0.717, 1.165) is 5.69 Å². The first-order valence-corrected chi connectivity index (χ1v) is 7.88. The van der Waals surface area contributed by atoms with Crippen molar-refractivity contribution >= 4 is 16.0 Å². The van der Waals surface area contributed by atoms with E-state index in [1.54, 1.807) is 6.20 Å². The number of benzene rings is 1. The molecular formula is C13H15N3O4S. The molecule has 0 aliphatic heterocycles. The van der Waals surface area contributed by atoms with Crippen molar-refractivity contribution in [3.05, 3.63) is 53.6 Å². The number of H-pyrrole nitrogens is 1. The molecule has 2 rings (SSSR count). The van der Waals surface area contributed by atoms with E-state index in [1.165, 1.54) is 30.6 Å². The Balaban J connectivity index is 1.89. The van der Waals surface area contributed by atoms with Gasteiger partial charge in [0.2, 0.25) is 10.0 Å². The Morgan fingerprint density at radius 3 is 2.57 bits per heavy atom. The zero-order valence-electron chi connectivity index (χ0n) is 11.1. The summed E-state index contributed by atoms with van der Waals surface area (Å²) in [6, 6.07) is 5.77. The number of aromatic carboxylic acids is 1. The normalized spacial score (nSPS) is 11.4. The van der Waals surface area contributed by atoms with Gasteiger partial charge in [-0.25, -0.2) is 22.9 Å². The van der Waals surface area contributed by atoms with Crippen LogP contribution < -0.4 is 4.72 Å². The van der Waals surface area contributed by atoms with Crippen molar-refractivity contribution in [2.45, 2.75) is 12.2 Å². The van der Waals surface area contributed by atoms with E-state index < -0.39 is 16.0 Å². The maximum atomic E-state index is 11.9. The van der Waals surface area contributed by atoms with Crippen molar-refractivity contribution in [1.29, 1.82) is 0 Å². The van der Waals surface area contributed by atoms with Crippen LogP contribution in [0, 0.1) is 0 Å². The molecule has 21 heavy (non-hydrogen) atoms. The lowest BCUT2D eigenvalue weighted by Crippen LogP contribution is -2.27. The summed E-state index contributed by atoms with van der Waals surface area (Å²) in [5, 5.41) is 8.78. The van der Waals surface area contributed by atoms with Crippen LogP contribution in [-0.4, -0.2) is 36.0 Å². The average molecular weight is 309 g/mol. The van der Waals surface area contributed by atoms with Gasteiger partial charge in [-0.2, -0.15) is 0 Å². The first-order valence-electron chi connectivity index (χ1n) is 6.23. The predicted octanol–water partition coefficient (Wildman–Crippen LogP) is 0.770. The molecule has 0 saturated carbocycles. The Kier molecular flexibility index (Phi) is 4.71. The summed E-state index contributed by atoms with van der Waals surface area (Å²) in [5.41, 5.74) is 1.51. The monoisotopic (exact) mass is 309 g/mol. The Hall–Kier alpha value is -2.19. The molecule has 0 aliphatic carbocycles. The van der Waals surface area contributed by atoms with Crippen LogP contribution in [0.3, 0.4) is 0 Å². The van der Waals surface area contributed by atoms with Crippen LogP contribution in [0.4, 0.5) is 0 Å². The number of sulfonamides is 1. The number of nitrogens with one attached hydrogen (secondary N) is 2. The fourth-order valence-electron chi connectivity index (χ4n) is 1.78. The lowest BCUT2D eigenvalue weighted by Gasteiger charge is -2.06. The fraction of sp³-hybridized carbons (Fsp3) is 0.231. The first-order chi connectivity index (χ1) is 9.96. The third kappa shape index (κ3) is 4.69. The largest absolute Gasteiger partial charge is 0.478 e. The molecule has 0 amide bonds. The second-order valence-corrected chi connectivity index (χ2v) is 6.29. The highest BCUT2D eigenvalue weighted by Crippen LogP contribution is 2.08. The van der Waals surface area contributed by atoms with E-state index in [2.05, 4.69) is 14.7 Å². The number of carbonyl (C=O) groups is 1. The van der Waals surface area contributed by atoms with Gasteiger partial charge in [0.1, 0.15) is 0 Å². The van der Waals surface area contributed by atoms with Crippen LogP contribution in [0.1, 0.15) is 21.6 Å². The van der Waals surface area contributed by atoms with Gasteiger partial charge in [0.05, 0.1) is 17.6 Å². The van der Waals surface area contributed by atoms with Gasteiger partial charge >= 0.3 is 5.97 Å². The molecule has 0 radical (unpaired) electrons. The Morgan fingerprint density at radius 2 is 2.00 bits per heavy atom. The van der Waals surface area contributed by atoms with E-state index in [1.807, 2.05) is 0 Å². The van der Waals surface area contributed by atoms with Gasteiger partial charge in [0, 0.05) is 24.9 Å². The quantitative estimate of drug-likeness (QED) is 0.699. The molecule has 0 bridgehead atoms. The average Bonchev–Trinajstić information content (AvgIpc) is 2.91. The maximum Gasteiger partial charge on any atom is 0.335 e. The van der Waals surface area contributed by atoms with Crippen molar-refractivity contribution in [1.82, 2.24) is 14.7 Å². The summed E-state index contributed by atoms with van der Waals surface area (Å²) in [6.45, 7) is 0.276. The van der Waals surface area contributed by atoms with Crippen LogP contribution in [-0.2, 0) is 22.2 Å². The van der Waals surface area contributed by atoms with Crippen LogP contribution >= 0.6 is 0 Å². The summed E-state index contributed by atoms with van der Waals surface area (Å²) in [4.78, 5) is 17.4. The number of carboxylic acids is 1. The van der Waals surface area contributed by atoms with Crippen LogP contribution in [0.25, 0.3) is 0 Å². The zero-order valence-corrected chi connectivity index (χ0v) is 11.9. The molecule has 0 unspecified atom stereocenters. The molecule has 0 spiro atoms. The number of aromatic nitrogens is 2. The fourth-order valence-corrected chi connectivity index (χ4v) is 2.92. The number of carboxylic acid groups (broad SMARTS) is 1. The minimum absolute atomic E-state index is 0.128. The number of imidazole rings is 1. The molecule has 0 fully saturated rings. The second-order valence-electron chi connectivity index (χ2n) is 4.48. The van der Waals surface area contributed by atoms with Gasteiger partial charge < -0.3 is 10.1 Å². The minimum Gasteiger partial charge on any atom is -0.478 e. The predicted molar refractivity (Wildman–Crippen MR) is 76.3 cm³/mol. The van der Waals surface area contributed by atoms with Crippen molar-refractivity contribution in [2.75, 3.05) is 6.54 Å². The SMILES string of the molecule is O=C(O)c1ccc(CS(=O)(=O)NCCc2cnc[nH]2)cc1. The molecule has 1 aromatic heterocycles. The van der Waals surface area contributed by atoms with E-state index in [4.69, 9.17) is 5.11 Å². The summed E-state index contributed by atoms with van der Waals surface area (Å²) in [5.74, 6) is -1.22. The third-order valence-electron chi connectivity index (χ3n) is 2.83. The van der Waals surface area contributed by atoms with Crippen molar-refractivity contribution in [3.63, 3.8) is 0 Å². The Labute approximate surface area is 122 Å². The lowest BCUT2D eigenvalue weighted by atomic mass is 10.1. The van der Waals surface area contributed by atoms with Crippen molar-refractivity contribution in [2.24, 2.45) is 0 Å². The third-order valence-corrected chi connectivity index (χ3v) is 4.19. The molecule has 1 aromatic carbocycles. The zero-order chi connectivity index (χ0) is 15.3. The van der Waals surface area contributed by atoms with E-state index in [-0.39, 0.29) is 17.9 Å². The smallest absolute Gasteiger partial charge is 0.335 e. The Bertz CT molecular complexity index is 694. The van der Waals surface area contributed by atoms with Gasteiger partial charge in [0.15, 0.2) is 0 Å². The van der Waals surface area contributed by atoms with Crippen LogP contribution in [0.2, 0.25) is 0 Å². The highest BCUT2D eigenvalue weighted by Gasteiger charge is 2.12. The summed E-state index contributed by atoms with van der Waals surface area (Å²) < 4.78 is 26.3. The summed E-state index contributed by atoms with van der Waals surface area (Å²) >= 11 is 0. The molecule has 0 aliphatic rings. The van der Waals surface area contributed by atoms with Crippen molar-refractivity contribution < 1.29 is 18.3 Å². The standard InChI is InChI=1S/C13H15N3O4S/c17-13(18)11-3-1-10(2-4-11)8-21(19,20)16-6-5-12-7-14-9-15-12/h1-4,7,9,16H,5-6,8H2,(H,14,15)(H,17,18). The molecule has 2 aromatic rings. The highest BCUT2D eigenvalue weighted by atomic mass is 32.2. The molecule has 3 N–H and O–H groups in total.